The highest BCUT2D eigenvalue weighted by atomic mass is 16.5. The molecule has 25 heavy (non-hydrogen) atoms. The molecule has 0 spiro atoms. The molecule has 0 atom stereocenters. The molecular weight excluding hydrogens is 324 g/mol. The summed E-state index contributed by atoms with van der Waals surface area (Å²) in [7, 11) is 0. The van der Waals surface area contributed by atoms with Gasteiger partial charge in [0, 0.05) is 13.1 Å². The van der Waals surface area contributed by atoms with E-state index in [0.29, 0.717) is 19.0 Å². The summed E-state index contributed by atoms with van der Waals surface area (Å²) in [6.07, 6.45) is 7.67. The number of aromatic nitrogens is 2. The van der Waals surface area contributed by atoms with Gasteiger partial charge in [0.05, 0.1) is 24.6 Å². The lowest BCUT2D eigenvalue weighted by Gasteiger charge is -2.35. The molecule has 1 aliphatic heterocycles. The van der Waals surface area contributed by atoms with E-state index in [1.807, 2.05) is 6.07 Å². The number of amides is 1. The number of hydrogen-bond donors (Lipinski definition) is 1. The van der Waals surface area contributed by atoms with Crippen molar-refractivity contribution in [3.8, 4) is 11.9 Å². The van der Waals surface area contributed by atoms with E-state index < -0.39 is 6.09 Å². The zero-order valence-electron chi connectivity index (χ0n) is 14.0. The van der Waals surface area contributed by atoms with Gasteiger partial charge in [-0.15, -0.1) is 0 Å². The Labute approximate surface area is 146 Å². The molecule has 1 saturated carbocycles. The Morgan fingerprint density at radius 2 is 1.72 bits per heavy atom. The predicted octanol–water partition coefficient (Wildman–Crippen LogP) is 2.20. The van der Waals surface area contributed by atoms with Gasteiger partial charge in [0.1, 0.15) is 12.2 Å². The van der Waals surface area contributed by atoms with Crippen molar-refractivity contribution >= 4 is 6.09 Å². The van der Waals surface area contributed by atoms with Gasteiger partial charge in [-0.1, -0.05) is 0 Å². The van der Waals surface area contributed by atoms with Gasteiger partial charge in [-0.25, -0.2) is 14.8 Å². The van der Waals surface area contributed by atoms with Crippen molar-refractivity contribution in [3.05, 3.63) is 18.1 Å². The van der Waals surface area contributed by atoms with Crippen molar-refractivity contribution in [2.45, 2.75) is 56.8 Å². The third-order valence-corrected chi connectivity index (χ3v) is 4.75. The number of carboxylic acid groups (broad SMARTS) is 1. The largest absolute Gasteiger partial charge is 0.473 e. The first kappa shape index (κ1) is 17.4. The second-order valence-corrected chi connectivity index (χ2v) is 6.47. The monoisotopic (exact) mass is 346 g/mol. The molecule has 134 valence electrons. The maximum absolute atomic E-state index is 10.9. The highest BCUT2D eigenvalue weighted by Crippen LogP contribution is 2.27. The van der Waals surface area contributed by atoms with Crippen LogP contribution in [0.3, 0.4) is 0 Å². The molecule has 1 aromatic rings. The average Bonchev–Trinajstić information content (AvgIpc) is 2.64. The number of nitriles is 1. The van der Waals surface area contributed by atoms with Crippen LogP contribution in [-0.2, 0) is 4.74 Å². The first-order chi connectivity index (χ1) is 12.1. The molecule has 0 radical (unpaired) electrons. The minimum atomic E-state index is -0.845. The van der Waals surface area contributed by atoms with Gasteiger partial charge in [-0.3, -0.25) is 0 Å². The predicted molar refractivity (Wildman–Crippen MR) is 87.1 cm³/mol. The van der Waals surface area contributed by atoms with Crippen molar-refractivity contribution in [1.82, 2.24) is 14.9 Å². The summed E-state index contributed by atoms with van der Waals surface area (Å²) in [6.45, 7) is 1.10. The number of ether oxygens (including phenoxy) is 2. The van der Waals surface area contributed by atoms with Crippen LogP contribution in [0.2, 0.25) is 0 Å². The summed E-state index contributed by atoms with van der Waals surface area (Å²) >= 11 is 0. The van der Waals surface area contributed by atoms with Crippen molar-refractivity contribution in [2.24, 2.45) is 0 Å². The van der Waals surface area contributed by atoms with E-state index in [2.05, 4.69) is 9.97 Å². The number of rotatable bonds is 4. The van der Waals surface area contributed by atoms with E-state index in [-0.39, 0.29) is 24.0 Å². The van der Waals surface area contributed by atoms with Gasteiger partial charge >= 0.3 is 6.09 Å². The maximum Gasteiger partial charge on any atom is 0.407 e. The quantitative estimate of drug-likeness (QED) is 0.890. The Kier molecular flexibility index (Phi) is 5.66. The second-order valence-electron chi connectivity index (χ2n) is 6.47. The van der Waals surface area contributed by atoms with Gasteiger partial charge in [0.25, 0.3) is 0 Å². The summed E-state index contributed by atoms with van der Waals surface area (Å²) in [4.78, 5) is 20.4. The molecule has 8 nitrogen and oxygen atoms in total. The lowest BCUT2D eigenvalue weighted by atomic mass is 9.94. The topological polar surface area (TPSA) is 109 Å². The average molecular weight is 346 g/mol. The summed E-state index contributed by atoms with van der Waals surface area (Å²) in [5.74, 6) is 0.449. The molecule has 2 fully saturated rings. The van der Waals surface area contributed by atoms with Crippen LogP contribution in [0.5, 0.6) is 5.88 Å². The Hall–Kier alpha value is -2.40. The van der Waals surface area contributed by atoms with Crippen LogP contribution >= 0.6 is 0 Å². The molecule has 3 rings (SSSR count). The van der Waals surface area contributed by atoms with Crippen molar-refractivity contribution in [1.29, 1.82) is 5.26 Å². The van der Waals surface area contributed by atoms with Crippen LogP contribution in [0.4, 0.5) is 4.79 Å². The number of hydrogen-bond acceptors (Lipinski definition) is 6. The Morgan fingerprint density at radius 1 is 1.08 bits per heavy atom. The Morgan fingerprint density at radius 3 is 2.28 bits per heavy atom. The maximum atomic E-state index is 10.9. The third kappa shape index (κ3) is 4.79. The first-order valence-electron chi connectivity index (χ1n) is 8.66. The van der Waals surface area contributed by atoms with Gasteiger partial charge in [-0.2, -0.15) is 5.26 Å². The molecule has 2 aliphatic rings. The van der Waals surface area contributed by atoms with E-state index in [4.69, 9.17) is 19.8 Å². The lowest BCUT2D eigenvalue weighted by Crippen LogP contribution is -2.41. The second kappa shape index (κ2) is 8.12. The van der Waals surface area contributed by atoms with Gasteiger partial charge in [0.2, 0.25) is 5.88 Å². The molecular formula is C17H22N4O4. The van der Waals surface area contributed by atoms with Crippen LogP contribution in [0.15, 0.2) is 12.4 Å². The summed E-state index contributed by atoms with van der Waals surface area (Å²) in [6, 6.07) is 1.93. The summed E-state index contributed by atoms with van der Waals surface area (Å²) < 4.78 is 12.0. The number of nitrogens with zero attached hydrogens (tertiary/aromatic N) is 4. The number of piperidine rings is 1. The van der Waals surface area contributed by atoms with E-state index in [0.717, 1.165) is 38.5 Å². The van der Waals surface area contributed by atoms with Gasteiger partial charge in [0.15, 0.2) is 5.69 Å². The minimum Gasteiger partial charge on any atom is -0.473 e. The number of likely N-dealkylation sites (tertiary alicyclic amines) is 1. The zero-order valence-corrected chi connectivity index (χ0v) is 14.0. The molecule has 2 heterocycles. The standard InChI is InChI=1S/C17H22N4O4/c18-9-12-10-20-16(11-19-12)25-14-3-1-13(2-4-14)24-15-5-7-21(8-6-15)17(22)23/h10-11,13-15H,1-8H2,(H,22,23)/t13-,14-. The SMILES string of the molecule is N#Cc1cnc(O[C@H]2CC[C@H](OC3CCN(C(=O)O)CC3)CC2)cn1. The molecule has 8 heteroatoms. The molecule has 0 unspecified atom stereocenters. The van der Waals surface area contributed by atoms with Crippen LogP contribution in [0, 0.1) is 11.3 Å². The molecule has 1 aromatic heterocycles. The molecule has 1 saturated heterocycles. The van der Waals surface area contributed by atoms with Crippen molar-refractivity contribution < 1.29 is 19.4 Å². The highest BCUT2D eigenvalue weighted by molar-refractivity contribution is 5.64. The molecule has 0 bridgehead atoms. The van der Waals surface area contributed by atoms with Gasteiger partial charge < -0.3 is 19.5 Å². The summed E-state index contributed by atoms with van der Waals surface area (Å²) in [5, 5.41) is 17.7. The zero-order chi connectivity index (χ0) is 17.6. The molecule has 0 aromatic carbocycles. The fourth-order valence-electron chi connectivity index (χ4n) is 3.35. The van der Waals surface area contributed by atoms with E-state index >= 15 is 0 Å². The normalized spacial score (nSPS) is 24.5. The fourth-order valence-corrected chi connectivity index (χ4v) is 3.35. The van der Waals surface area contributed by atoms with Crippen LogP contribution in [0.1, 0.15) is 44.2 Å². The van der Waals surface area contributed by atoms with E-state index in [9.17, 15) is 4.79 Å². The minimum absolute atomic E-state index is 0.0935. The molecule has 1 amide bonds. The lowest BCUT2D eigenvalue weighted by molar-refractivity contribution is -0.0644. The van der Waals surface area contributed by atoms with E-state index in [1.54, 1.807) is 0 Å². The van der Waals surface area contributed by atoms with Gasteiger partial charge in [-0.05, 0) is 38.5 Å². The summed E-state index contributed by atoms with van der Waals surface area (Å²) in [5.41, 5.74) is 0.276. The van der Waals surface area contributed by atoms with E-state index in [1.165, 1.54) is 17.3 Å². The smallest absolute Gasteiger partial charge is 0.407 e. The molecule has 1 N–H and O–H groups in total. The number of carbonyl (C=O) groups is 1. The van der Waals surface area contributed by atoms with Crippen LogP contribution in [0.25, 0.3) is 0 Å². The third-order valence-electron chi connectivity index (χ3n) is 4.75. The van der Waals surface area contributed by atoms with Crippen LogP contribution in [-0.4, -0.2) is 57.5 Å². The Balaban J connectivity index is 1.38. The highest BCUT2D eigenvalue weighted by Gasteiger charge is 2.28. The first-order valence-corrected chi connectivity index (χ1v) is 8.66. The fraction of sp³-hybridized carbons (Fsp3) is 0.647. The van der Waals surface area contributed by atoms with Crippen molar-refractivity contribution in [2.75, 3.05) is 13.1 Å². The Bertz CT molecular complexity index is 615. The van der Waals surface area contributed by atoms with Crippen LogP contribution < -0.4 is 4.74 Å². The molecule has 1 aliphatic carbocycles. The van der Waals surface area contributed by atoms with Crippen molar-refractivity contribution in [3.63, 3.8) is 0 Å².